The van der Waals surface area contributed by atoms with Crippen LogP contribution < -0.4 is 10.1 Å². The largest absolute Gasteiger partial charge is 0.508 e. The summed E-state index contributed by atoms with van der Waals surface area (Å²) in [6, 6.07) is 27.7. The van der Waals surface area contributed by atoms with Gasteiger partial charge in [-0.05, 0) is 114 Å². The van der Waals surface area contributed by atoms with Gasteiger partial charge in [-0.25, -0.2) is 0 Å². The average molecular weight is 777 g/mol. The first-order chi connectivity index (χ1) is 28.2. The Morgan fingerprint density at radius 2 is 1.43 bits per heavy atom. The van der Waals surface area contributed by atoms with E-state index in [0.29, 0.717) is 55.4 Å². The number of rotatable bonds is 7. The molecular formula is C47H44N4O7. The van der Waals surface area contributed by atoms with Gasteiger partial charge in [0, 0.05) is 56.6 Å². The Hall–Kier alpha value is -6.07. The van der Waals surface area contributed by atoms with Crippen LogP contribution in [-0.4, -0.2) is 80.6 Å². The number of aryl methyl sites for hydroxylation is 1. The maximum absolute atomic E-state index is 13.5. The molecule has 5 amide bonds. The predicted molar refractivity (Wildman–Crippen MR) is 213 cm³/mol. The van der Waals surface area contributed by atoms with Crippen molar-refractivity contribution in [2.75, 3.05) is 13.1 Å². The zero-order chi connectivity index (χ0) is 39.7. The SMILES string of the molecule is O=C1CCC(N2C(=O)c3cc4c(cc3C2=O)CN(C2CCN(C(=O)C3=CC(Oc5ccc(C6c7ccc(O)cc7CCC6c6ccccc6)cc5)C3)CC2)C4)C(=O)N1. The van der Waals surface area contributed by atoms with Gasteiger partial charge in [-0.3, -0.25) is 39.1 Å². The van der Waals surface area contributed by atoms with Crippen molar-refractivity contribution in [3.63, 3.8) is 0 Å². The standard InChI is InChI=1S/C47H44N4O7/c52-34-9-13-38-29(20-34)8-12-37(27-4-2-1-3-5-27)43(38)28-6-10-35(11-7-28)58-36-21-30(22-36)45(55)49-18-16-33(17-19-49)50-25-31-23-39-40(24-32(31)26-50)47(57)51(46(39)56)41-14-15-42(53)48-44(41)54/h1-7,9-11,13,20-21,23-24,33,36-37,41,43,52H,8,12,14-19,22,25-26H2,(H,48,53,54). The Morgan fingerprint density at radius 1 is 0.741 bits per heavy atom. The summed E-state index contributed by atoms with van der Waals surface area (Å²) in [5.74, 6) is -0.346. The maximum atomic E-state index is 13.5. The summed E-state index contributed by atoms with van der Waals surface area (Å²) in [4.78, 5) is 69.6. The molecule has 0 bridgehead atoms. The molecule has 0 saturated carbocycles. The van der Waals surface area contributed by atoms with E-state index < -0.39 is 29.7 Å². The van der Waals surface area contributed by atoms with Gasteiger partial charge in [-0.2, -0.15) is 0 Å². The molecule has 4 heterocycles. The highest BCUT2D eigenvalue weighted by Crippen LogP contribution is 2.47. The molecule has 4 unspecified atom stereocenters. The van der Waals surface area contributed by atoms with E-state index in [1.165, 1.54) is 22.3 Å². The second-order valence-corrected chi connectivity index (χ2v) is 16.6. The molecule has 294 valence electrons. The fourth-order valence-electron chi connectivity index (χ4n) is 10.1. The van der Waals surface area contributed by atoms with Crippen molar-refractivity contribution in [3.05, 3.63) is 141 Å². The molecule has 4 aromatic carbocycles. The van der Waals surface area contributed by atoms with Gasteiger partial charge >= 0.3 is 0 Å². The van der Waals surface area contributed by atoms with Crippen LogP contribution in [0.15, 0.2) is 96.6 Å². The first kappa shape index (κ1) is 36.3. The first-order valence-electron chi connectivity index (χ1n) is 20.4. The summed E-state index contributed by atoms with van der Waals surface area (Å²) in [7, 11) is 0. The zero-order valence-corrected chi connectivity index (χ0v) is 32.1. The van der Waals surface area contributed by atoms with Crippen molar-refractivity contribution >= 4 is 29.5 Å². The number of carbonyl (C=O) groups is 5. The van der Waals surface area contributed by atoms with E-state index in [4.69, 9.17) is 4.74 Å². The van der Waals surface area contributed by atoms with Crippen molar-refractivity contribution in [1.29, 1.82) is 0 Å². The number of nitrogens with one attached hydrogen (secondary N) is 1. The normalized spacial score (nSPS) is 24.4. The van der Waals surface area contributed by atoms with Gasteiger partial charge in [0.15, 0.2) is 0 Å². The van der Waals surface area contributed by atoms with Crippen molar-refractivity contribution in [2.45, 2.75) is 88.1 Å². The Bertz CT molecular complexity index is 2360. The third-order valence-electron chi connectivity index (χ3n) is 13.2. The number of carbonyl (C=O) groups excluding carboxylic acids is 5. The Kier molecular flexibility index (Phi) is 9.00. The highest BCUT2D eigenvalue weighted by molar-refractivity contribution is 6.23. The fraction of sp³-hybridized carbons (Fsp3) is 0.340. The molecule has 11 nitrogen and oxygen atoms in total. The minimum absolute atomic E-state index is 0.0707. The zero-order valence-electron chi connectivity index (χ0n) is 32.1. The number of phenols is 1. The number of benzene rings is 4. The lowest BCUT2D eigenvalue weighted by Crippen LogP contribution is -2.54. The number of nitrogens with zero attached hydrogens (tertiary/aromatic N) is 3. The third kappa shape index (κ3) is 6.38. The smallest absolute Gasteiger partial charge is 0.262 e. The number of ether oxygens (including phenoxy) is 1. The number of imide groups is 2. The molecule has 4 atom stereocenters. The summed E-state index contributed by atoms with van der Waals surface area (Å²) in [6.07, 6.45) is 6.16. The monoisotopic (exact) mass is 776 g/mol. The predicted octanol–water partition coefficient (Wildman–Crippen LogP) is 5.74. The Morgan fingerprint density at radius 3 is 2.10 bits per heavy atom. The maximum Gasteiger partial charge on any atom is 0.262 e. The molecule has 2 N–H and O–H groups in total. The van der Waals surface area contributed by atoms with E-state index in [-0.39, 0.29) is 36.8 Å². The van der Waals surface area contributed by atoms with E-state index in [9.17, 15) is 29.1 Å². The first-order valence-corrected chi connectivity index (χ1v) is 20.4. The van der Waals surface area contributed by atoms with E-state index in [0.717, 1.165) is 53.0 Å². The number of amides is 5. The molecule has 2 fully saturated rings. The van der Waals surface area contributed by atoms with E-state index in [2.05, 4.69) is 58.7 Å². The molecule has 2 aliphatic carbocycles. The van der Waals surface area contributed by atoms with Crippen LogP contribution in [0, 0.1) is 0 Å². The van der Waals surface area contributed by atoms with Crippen molar-refractivity contribution in [1.82, 2.24) is 20.0 Å². The lowest BCUT2D eigenvalue weighted by Gasteiger charge is -2.38. The minimum Gasteiger partial charge on any atom is -0.508 e. The van der Waals surface area contributed by atoms with Crippen LogP contribution in [0.3, 0.4) is 0 Å². The number of aromatic hydroxyl groups is 1. The molecule has 4 aliphatic heterocycles. The van der Waals surface area contributed by atoms with Gasteiger partial charge in [0.25, 0.3) is 11.8 Å². The lowest BCUT2D eigenvalue weighted by atomic mass is 9.69. The lowest BCUT2D eigenvalue weighted by molar-refractivity contribution is -0.136. The van der Waals surface area contributed by atoms with Crippen molar-refractivity contribution in [2.24, 2.45) is 0 Å². The molecule has 4 aromatic rings. The summed E-state index contributed by atoms with van der Waals surface area (Å²) in [6.45, 7) is 2.61. The topological polar surface area (TPSA) is 137 Å². The number of hydrogen-bond donors (Lipinski definition) is 2. The number of likely N-dealkylation sites (tertiary alicyclic amines) is 1. The summed E-state index contributed by atoms with van der Waals surface area (Å²) in [5, 5.41) is 12.4. The quantitative estimate of drug-likeness (QED) is 0.227. The summed E-state index contributed by atoms with van der Waals surface area (Å²) < 4.78 is 6.30. The summed E-state index contributed by atoms with van der Waals surface area (Å²) >= 11 is 0. The van der Waals surface area contributed by atoms with Crippen molar-refractivity contribution in [3.8, 4) is 11.5 Å². The molecule has 11 heteroatoms. The molecule has 6 aliphatic rings. The van der Waals surface area contributed by atoms with E-state index in [1.807, 2.05) is 29.2 Å². The molecule has 0 spiro atoms. The second kappa shape index (κ2) is 14.4. The highest BCUT2D eigenvalue weighted by Gasteiger charge is 2.46. The van der Waals surface area contributed by atoms with Crippen molar-refractivity contribution < 1.29 is 33.8 Å². The third-order valence-corrected chi connectivity index (χ3v) is 13.2. The van der Waals surface area contributed by atoms with Crippen LogP contribution >= 0.6 is 0 Å². The van der Waals surface area contributed by atoms with Gasteiger partial charge in [0.05, 0.1) is 11.1 Å². The number of phenolic OH excluding ortho intramolecular Hbond substituents is 1. The molecule has 2 saturated heterocycles. The van der Waals surface area contributed by atoms with Gasteiger partial charge in [0.2, 0.25) is 17.7 Å². The van der Waals surface area contributed by atoms with Gasteiger partial charge in [-0.1, -0.05) is 48.5 Å². The Labute approximate surface area is 336 Å². The highest BCUT2D eigenvalue weighted by atomic mass is 16.5. The molecule has 0 radical (unpaired) electrons. The van der Waals surface area contributed by atoms with Gasteiger partial charge in [0.1, 0.15) is 23.6 Å². The van der Waals surface area contributed by atoms with Crippen LogP contribution in [0.25, 0.3) is 0 Å². The van der Waals surface area contributed by atoms with Gasteiger partial charge in [-0.15, -0.1) is 0 Å². The molecule has 10 rings (SSSR count). The number of hydrogen-bond acceptors (Lipinski definition) is 8. The second-order valence-electron chi connectivity index (χ2n) is 16.6. The Balaban J connectivity index is 0.735. The molecular weight excluding hydrogens is 733 g/mol. The molecule has 58 heavy (non-hydrogen) atoms. The van der Waals surface area contributed by atoms with Crippen LogP contribution in [0.2, 0.25) is 0 Å². The van der Waals surface area contributed by atoms with Gasteiger partial charge < -0.3 is 14.7 Å². The summed E-state index contributed by atoms with van der Waals surface area (Å²) in [5.41, 5.74) is 8.40. The van der Waals surface area contributed by atoms with Crippen LogP contribution in [-0.2, 0) is 33.9 Å². The minimum atomic E-state index is -0.978. The van der Waals surface area contributed by atoms with Crippen LogP contribution in [0.4, 0.5) is 0 Å². The van der Waals surface area contributed by atoms with Crippen LogP contribution in [0.1, 0.15) is 104 Å². The van der Waals surface area contributed by atoms with E-state index >= 15 is 0 Å². The van der Waals surface area contributed by atoms with E-state index in [1.54, 1.807) is 18.2 Å². The van der Waals surface area contributed by atoms with Crippen LogP contribution in [0.5, 0.6) is 11.5 Å². The average Bonchev–Trinajstić information content (AvgIpc) is 3.75. The number of piperidine rings is 2. The number of fused-ring (bicyclic) bond motifs is 3. The molecule has 0 aromatic heterocycles. The fourth-order valence-corrected chi connectivity index (χ4v) is 10.1.